The van der Waals surface area contributed by atoms with E-state index in [0.29, 0.717) is 6.54 Å². The molecule has 0 bridgehead atoms. The highest BCUT2D eigenvalue weighted by molar-refractivity contribution is 7.92. The second-order valence-corrected chi connectivity index (χ2v) is 8.08. The lowest BCUT2D eigenvalue weighted by Crippen LogP contribution is -2.39. The molecule has 0 radical (unpaired) electrons. The van der Waals surface area contributed by atoms with E-state index < -0.39 is 22.1 Å². The lowest BCUT2D eigenvalue weighted by Gasteiger charge is -2.22. The topological polar surface area (TPSA) is 92.8 Å². The fraction of sp³-hybridized carbons (Fsp3) is 0.263. The molecule has 1 amide bonds. The Kier molecular flexibility index (Phi) is 5.18. The van der Waals surface area contributed by atoms with Gasteiger partial charge in [-0.15, -0.1) is 0 Å². The predicted molar refractivity (Wildman–Crippen MR) is 102 cm³/mol. The molecule has 0 saturated carbocycles. The van der Waals surface area contributed by atoms with Crippen LogP contribution in [0.2, 0.25) is 0 Å². The fourth-order valence-electron chi connectivity index (χ4n) is 3.01. The van der Waals surface area contributed by atoms with Crippen molar-refractivity contribution in [2.24, 2.45) is 0 Å². The Bertz CT molecular complexity index is 987. The van der Waals surface area contributed by atoms with Crippen molar-refractivity contribution in [1.29, 1.82) is 0 Å². The Morgan fingerprint density at radius 3 is 2.52 bits per heavy atom. The molecule has 0 unspecified atom stereocenters. The Hall–Kier alpha value is -2.87. The third-order valence-corrected chi connectivity index (χ3v) is 4.82. The van der Waals surface area contributed by atoms with Gasteiger partial charge in [0, 0.05) is 12.2 Å². The number of benzene rings is 2. The molecule has 8 heteroatoms. The monoisotopic (exact) mass is 388 g/mol. The van der Waals surface area contributed by atoms with Crippen LogP contribution in [-0.4, -0.2) is 39.2 Å². The van der Waals surface area contributed by atoms with E-state index in [2.05, 4.69) is 4.72 Å². The van der Waals surface area contributed by atoms with Gasteiger partial charge in [0.05, 0.1) is 17.5 Å². The van der Waals surface area contributed by atoms with Crippen molar-refractivity contribution in [2.45, 2.75) is 19.4 Å². The van der Waals surface area contributed by atoms with Crippen molar-refractivity contribution >= 4 is 33.3 Å². The molecule has 1 N–H and O–H groups in total. The maximum absolute atomic E-state index is 12.7. The zero-order valence-corrected chi connectivity index (χ0v) is 15.8. The van der Waals surface area contributed by atoms with Crippen LogP contribution in [-0.2, 0) is 26.0 Å². The number of nitrogens with zero attached hydrogens (tertiary/aromatic N) is 1. The lowest BCUT2D eigenvalue weighted by atomic mass is 10.2. The average molecular weight is 388 g/mol. The Labute approximate surface area is 158 Å². The van der Waals surface area contributed by atoms with Gasteiger partial charge in [-0.2, -0.15) is 0 Å². The van der Waals surface area contributed by atoms with E-state index in [1.54, 1.807) is 17.0 Å². The van der Waals surface area contributed by atoms with E-state index in [0.717, 1.165) is 23.9 Å². The molecule has 0 aliphatic carbocycles. The van der Waals surface area contributed by atoms with Crippen molar-refractivity contribution < 1.29 is 22.7 Å². The van der Waals surface area contributed by atoms with Gasteiger partial charge < -0.3 is 9.64 Å². The van der Waals surface area contributed by atoms with Crippen molar-refractivity contribution in [1.82, 2.24) is 0 Å². The number of ether oxygens (including phenoxy) is 1. The molecule has 2 aromatic carbocycles. The van der Waals surface area contributed by atoms with Crippen LogP contribution in [0.4, 0.5) is 11.4 Å². The highest BCUT2D eigenvalue weighted by Crippen LogP contribution is 2.28. The number of nitrogens with one attached hydrogen (secondary N) is 1. The van der Waals surface area contributed by atoms with Gasteiger partial charge in [0.15, 0.2) is 6.10 Å². The molecule has 1 atom stereocenters. The number of carbonyl (C=O) groups excluding carboxylic acids is 2. The van der Waals surface area contributed by atoms with E-state index in [1.807, 2.05) is 24.3 Å². The number of hydrogen-bond acceptors (Lipinski definition) is 5. The first-order valence-corrected chi connectivity index (χ1v) is 10.3. The van der Waals surface area contributed by atoms with Gasteiger partial charge >= 0.3 is 5.97 Å². The number of hydrogen-bond donors (Lipinski definition) is 1. The summed E-state index contributed by atoms with van der Waals surface area (Å²) in [4.78, 5) is 26.8. The number of sulfonamides is 1. The third kappa shape index (κ3) is 4.28. The summed E-state index contributed by atoms with van der Waals surface area (Å²) < 4.78 is 30.5. The minimum atomic E-state index is -3.56. The van der Waals surface area contributed by atoms with Gasteiger partial charge in [0.25, 0.3) is 5.91 Å². The Morgan fingerprint density at radius 1 is 1.11 bits per heavy atom. The summed E-state index contributed by atoms with van der Waals surface area (Å²) >= 11 is 0. The van der Waals surface area contributed by atoms with Gasteiger partial charge in [-0.05, 0) is 37.1 Å². The maximum atomic E-state index is 12.7. The van der Waals surface area contributed by atoms with Crippen molar-refractivity contribution in [3.8, 4) is 0 Å². The zero-order valence-electron chi connectivity index (χ0n) is 15.0. The summed E-state index contributed by atoms with van der Waals surface area (Å²) in [7, 11) is -3.56. The van der Waals surface area contributed by atoms with Gasteiger partial charge in [-0.25, -0.2) is 13.2 Å². The summed E-state index contributed by atoms with van der Waals surface area (Å²) in [6, 6.07) is 13.7. The molecular formula is C19H20N2O5S. The maximum Gasteiger partial charge on any atom is 0.341 e. The largest absolute Gasteiger partial charge is 0.449 e. The second kappa shape index (κ2) is 7.40. The van der Waals surface area contributed by atoms with Crippen LogP contribution in [0.25, 0.3) is 0 Å². The molecule has 7 nitrogen and oxygen atoms in total. The number of para-hydroxylation sites is 2. The standard InChI is InChI=1S/C19H20N2O5S/c1-13(18(22)21-12-11-14-7-3-6-10-17(14)21)26-19(23)15-8-4-5-9-16(15)20-27(2,24)25/h3-10,13,20H,11-12H2,1-2H3/t13-/m0/s1. The van der Waals surface area contributed by atoms with Crippen LogP contribution in [0.1, 0.15) is 22.8 Å². The van der Waals surface area contributed by atoms with Crippen molar-refractivity contribution in [2.75, 3.05) is 22.4 Å². The molecule has 0 saturated heterocycles. The van der Waals surface area contributed by atoms with E-state index in [9.17, 15) is 18.0 Å². The first-order chi connectivity index (χ1) is 12.8. The molecule has 3 rings (SSSR count). The molecule has 27 heavy (non-hydrogen) atoms. The van der Waals surface area contributed by atoms with Crippen molar-refractivity contribution in [3.63, 3.8) is 0 Å². The van der Waals surface area contributed by atoms with Crippen LogP contribution >= 0.6 is 0 Å². The molecule has 0 aromatic heterocycles. The fourth-order valence-corrected chi connectivity index (χ4v) is 3.59. The van der Waals surface area contributed by atoms with Crippen LogP contribution in [0, 0.1) is 0 Å². The minimum absolute atomic E-state index is 0.0457. The van der Waals surface area contributed by atoms with Crippen LogP contribution < -0.4 is 9.62 Å². The summed E-state index contributed by atoms with van der Waals surface area (Å²) in [6.45, 7) is 2.04. The summed E-state index contributed by atoms with van der Waals surface area (Å²) in [6.07, 6.45) is 0.741. The summed E-state index contributed by atoms with van der Waals surface area (Å²) in [5.41, 5.74) is 2.05. The number of carbonyl (C=O) groups is 2. The smallest absolute Gasteiger partial charge is 0.341 e. The first-order valence-electron chi connectivity index (χ1n) is 8.43. The molecule has 1 aliphatic heterocycles. The SMILES string of the molecule is C[C@H](OC(=O)c1ccccc1NS(C)(=O)=O)C(=O)N1CCc2ccccc21. The average Bonchev–Trinajstić information content (AvgIpc) is 3.04. The van der Waals surface area contributed by atoms with Crippen LogP contribution in [0.15, 0.2) is 48.5 Å². The van der Waals surface area contributed by atoms with E-state index in [-0.39, 0.29) is 17.2 Å². The predicted octanol–water partition coefficient (Wildman–Crippen LogP) is 2.19. The number of fused-ring (bicyclic) bond motifs is 1. The second-order valence-electron chi connectivity index (χ2n) is 6.34. The van der Waals surface area contributed by atoms with Crippen LogP contribution in [0.5, 0.6) is 0 Å². The summed E-state index contributed by atoms with van der Waals surface area (Å²) in [5.74, 6) is -1.09. The van der Waals surface area contributed by atoms with Gasteiger partial charge in [0.2, 0.25) is 10.0 Å². The lowest BCUT2D eigenvalue weighted by molar-refractivity contribution is -0.126. The van der Waals surface area contributed by atoms with E-state index in [1.165, 1.54) is 19.1 Å². The number of anilines is 2. The molecule has 1 aliphatic rings. The highest BCUT2D eigenvalue weighted by Gasteiger charge is 2.30. The molecule has 0 spiro atoms. The van der Waals surface area contributed by atoms with Gasteiger partial charge in [-0.3, -0.25) is 9.52 Å². The van der Waals surface area contributed by atoms with Gasteiger partial charge in [0.1, 0.15) is 0 Å². The number of esters is 1. The quantitative estimate of drug-likeness (QED) is 0.793. The number of amides is 1. The highest BCUT2D eigenvalue weighted by atomic mass is 32.2. The van der Waals surface area contributed by atoms with E-state index >= 15 is 0 Å². The summed E-state index contributed by atoms with van der Waals surface area (Å²) in [5, 5.41) is 0. The van der Waals surface area contributed by atoms with E-state index in [4.69, 9.17) is 4.74 Å². The molecule has 1 heterocycles. The number of rotatable bonds is 5. The van der Waals surface area contributed by atoms with Crippen LogP contribution in [0.3, 0.4) is 0 Å². The Morgan fingerprint density at radius 2 is 1.78 bits per heavy atom. The molecule has 0 fully saturated rings. The zero-order chi connectivity index (χ0) is 19.6. The molecule has 2 aromatic rings. The first kappa shape index (κ1) is 18.9. The molecule has 142 valence electrons. The molecular weight excluding hydrogens is 368 g/mol. The van der Waals surface area contributed by atoms with Crippen molar-refractivity contribution in [3.05, 3.63) is 59.7 Å². The van der Waals surface area contributed by atoms with Gasteiger partial charge in [-0.1, -0.05) is 30.3 Å². The normalized spacial score (nSPS) is 14.4. The Balaban J connectivity index is 1.74. The third-order valence-electron chi connectivity index (χ3n) is 4.23. The minimum Gasteiger partial charge on any atom is -0.449 e.